The number of anilines is 2. The molecule has 0 unspecified atom stereocenters. The average molecular weight is 439 g/mol. The molecule has 0 atom stereocenters. The number of benzene rings is 1. The highest BCUT2D eigenvalue weighted by Gasteiger charge is 2.17. The van der Waals surface area contributed by atoms with E-state index in [1.807, 2.05) is 12.1 Å². The van der Waals surface area contributed by atoms with E-state index in [0.29, 0.717) is 16.8 Å². The van der Waals surface area contributed by atoms with Gasteiger partial charge >= 0.3 is 0 Å². The normalized spacial score (nSPS) is 14.9. The quantitative estimate of drug-likeness (QED) is 0.349. The molecule has 9 heteroatoms. The summed E-state index contributed by atoms with van der Waals surface area (Å²) in [5, 5.41) is 9.75. The van der Waals surface area contributed by atoms with E-state index in [9.17, 15) is 9.59 Å². The molecule has 1 amide bonds. The minimum atomic E-state index is -0.426. The Morgan fingerprint density at radius 2 is 1.94 bits per heavy atom. The molecular formula is C23H30N6O3. The van der Waals surface area contributed by atoms with Gasteiger partial charge in [-0.3, -0.25) is 14.5 Å². The zero-order valence-electron chi connectivity index (χ0n) is 18.3. The van der Waals surface area contributed by atoms with E-state index < -0.39 is 5.56 Å². The molecule has 2 aromatic rings. The summed E-state index contributed by atoms with van der Waals surface area (Å²) in [6, 6.07) is 8.88. The van der Waals surface area contributed by atoms with Crippen LogP contribution < -0.4 is 21.5 Å². The largest absolute Gasteiger partial charge is 0.398 e. The van der Waals surface area contributed by atoms with Crippen LogP contribution in [0.3, 0.4) is 0 Å². The molecule has 0 spiro atoms. The second-order valence-electron chi connectivity index (χ2n) is 7.60. The highest BCUT2D eigenvalue weighted by molar-refractivity contribution is 6.04. The molecule has 1 aliphatic heterocycles. The number of hydrogen-bond donors (Lipinski definition) is 4. The number of carbonyl (C=O) groups is 1. The van der Waals surface area contributed by atoms with Crippen LogP contribution in [-0.4, -0.2) is 68.4 Å². The summed E-state index contributed by atoms with van der Waals surface area (Å²) in [5.74, 6) is -0.378. The third kappa shape index (κ3) is 6.05. The van der Waals surface area contributed by atoms with Crippen LogP contribution in [0.5, 0.6) is 0 Å². The molecule has 0 aliphatic carbocycles. The molecule has 2 heterocycles. The van der Waals surface area contributed by atoms with Gasteiger partial charge in [-0.15, -0.1) is 0 Å². The first-order valence-electron chi connectivity index (χ1n) is 10.6. The van der Waals surface area contributed by atoms with Crippen LogP contribution in [0.2, 0.25) is 0 Å². The maximum Gasteiger partial charge on any atom is 0.271 e. The molecular weight excluding hydrogens is 408 g/mol. The summed E-state index contributed by atoms with van der Waals surface area (Å²) < 4.78 is 5.12. The van der Waals surface area contributed by atoms with Crippen molar-refractivity contribution in [2.45, 2.75) is 6.42 Å². The van der Waals surface area contributed by atoms with Crippen molar-refractivity contribution in [2.75, 3.05) is 56.7 Å². The van der Waals surface area contributed by atoms with Crippen LogP contribution in [0.15, 0.2) is 47.4 Å². The Labute approximate surface area is 187 Å². The maximum absolute atomic E-state index is 12.7. The Balaban J connectivity index is 1.60. The Morgan fingerprint density at radius 1 is 1.22 bits per heavy atom. The number of carbonyl (C=O) groups excluding carboxylic acids is 1. The van der Waals surface area contributed by atoms with Gasteiger partial charge in [0.25, 0.3) is 11.5 Å². The smallest absolute Gasteiger partial charge is 0.271 e. The number of piperazine rings is 1. The van der Waals surface area contributed by atoms with Gasteiger partial charge in [0.05, 0.1) is 0 Å². The molecule has 5 N–H and O–H groups in total. The second-order valence-corrected chi connectivity index (χ2v) is 7.60. The van der Waals surface area contributed by atoms with Gasteiger partial charge in [-0.2, -0.15) is 0 Å². The molecule has 1 saturated heterocycles. The summed E-state index contributed by atoms with van der Waals surface area (Å²) in [6.07, 6.45) is 4.94. The number of aromatic nitrogens is 1. The number of nitrogens with two attached hydrogens (primary N) is 1. The number of hydrogen-bond acceptors (Lipinski definition) is 7. The minimum absolute atomic E-state index is 0.0995. The van der Waals surface area contributed by atoms with E-state index >= 15 is 0 Å². The van der Waals surface area contributed by atoms with Crippen molar-refractivity contribution < 1.29 is 9.53 Å². The minimum Gasteiger partial charge on any atom is -0.398 e. The van der Waals surface area contributed by atoms with Gasteiger partial charge in [0, 0.05) is 81.4 Å². The zero-order valence-corrected chi connectivity index (χ0v) is 18.3. The van der Waals surface area contributed by atoms with Crippen molar-refractivity contribution in [1.82, 2.24) is 9.88 Å². The topological polar surface area (TPSA) is 128 Å². The number of allylic oxidation sites excluding steroid dienone is 1. The Kier molecular flexibility index (Phi) is 8.18. The Morgan fingerprint density at radius 3 is 2.59 bits per heavy atom. The van der Waals surface area contributed by atoms with Crippen molar-refractivity contribution in [3.63, 3.8) is 0 Å². The van der Waals surface area contributed by atoms with Crippen molar-refractivity contribution in [1.29, 1.82) is 5.41 Å². The number of nitrogens with zero attached hydrogens (tertiary/aromatic N) is 2. The number of amides is 1. The van der Waals surface area contributed by atoms with Crippen LogP contribution in [0.1, 0.15) is 22.3 Å². The molecule has 3 rings (SSSR count). The summed E-state index contributed by atoms with van der Waals surface area (Å²) in [4.78, 5) is 32.0. The number of nitrogens with one attached hydrogen (secondary N) is 3. The Bertz CT molecular complexity index is 1010. The lowest BCUT2D eigenvalue weighted by Gasteiger charge is -2.36. The van der Waals surface area contributed by atoms with Crippen molar-refractivity contribution in [3.05, 3.63) is 64.1 Å². The maximum atomic E-state index is 12.7. The SMILES string of the molecule is COCCCN1CCN(c2ccc(C(=O)Nc3cc(C(N)=CC=N)c[nH]c3=O)cc2)CC1. The molecule has 1 fully saturated rings. The van der Waals surface area contributed by atoms with Gasteiger partial charge in [0.15, 0.2) is 0 Å². The van der Waals surface area contributed by atoms with Crippen LogP contribution >= 0.6 is 0 Å². The van der Waals surface area contributed by atoms with E-state index in [0.717, 1.165) is 57.7 Å². The van der Waals surface area contributed by atoms with E-state index in [1.54, 1.807) is 19.2 Å². The fraction of sp³-hybridized carbons (Fsp3) is 0.348. The average Bonchev–Trinajstić information content (AvgIpc) is 2.81. The fourth-order valence-electron chi connectivity index (χ4n) is 3.61. The molecule has 170 valence electrons. The number of pyridine rings is 1. The summed E-state index contributed by atoms with van der Waals surface area (Å²) in [5.41, 5.74) is 7.89. The van der Waals surface area contributed by atoms with Gasteiger partial charge in [-0.25, -0.2) is 0 Å². The summed E-state index contributed by atoms with van der Waals surface area (Å²) in [7, 11) is 1.73. The van der Waals surface area contributed by atoms with Crippen molar-refractivity contribution in [2.24, 2.45) is 5.73 Å². The summed E-state index contributed by atoms with van der Waals surface area (Å²) in [6.45, 7) is 5.70. The van der Waals surface area contributed by atoms with Crippen molar-refractivity contribution in [3.8, 4) is 0 Å². The lowest BCUT2D eigenvalue weighted by atomic mass is 10.1. The first-order valence-corrected chi connectivity index (χ1v) is 10.6. The van der Waals surface area contributed by atoms with Crippen LogP contribution in [0.25, 0.3) is 5.70 Å². The highest BCUT2D eigenvalue weighted by Crippen LogP contribution is 2.18. The van der Waals surface area contributed by atoms with E-state index in [2.05, 4.69) is 20.1 Å². The Hall–Kier alpha value is -3.43. The van der Waals surface area contributed by atoms with Crippen LogP contribution in [0.4, 0.5) is 11.4 Å². The molecule has 0 saturated carbocycles. The summed E-state index contributed by atoms with van der Waals surface area (Å²) >= 11 is 0. The lowest BCUT2D eigenvalue weighted by Crippen LogP contribution is -2.46. The molecule has 1 aromatic carbocycles. The first kappa shape index (κ1) is 23.2. The number of aromatic amines is 1. The number of methoxy groups -OCH3 is 1. The monoisotopic (exact) mass is 438 g/mol. The van der Waals surface area contributed by atoms with Gasteiger partial charge < -0.3 is 31.1 Å². The van der Waals surface area contributed by atoms with E-state index in [4.69, 9.17) is 15.9 Å². The fourth-order valence-corrected chi connectivity index (χ4v) is 3.61. The zero-order chi connectivity index (χ0) is 22.9. The predicted octanol–water partition coefficient (Wildman–Crippen LogP) is 1.73. The molecule has 1 aliphatic rings. The standard InChI is InChI=1S/C23H30N6O3/c1-32-14-2-9-28-10-12-29(13-11-28)19-5-3-17(4-6-19)22(30)27-21-15-18(16-26-23(21)31)20(25)7-8-24/h3-8,15-16,24H,2,9-14,25H2,1H3,(H,26,31)(H,27,30). The number of ether oxygens (including phenoxy) is 1. The molecule has 0 radical (unpaired) electrons. The van der Waals surface area contributed by atoms with Crippen LogP contribution in [-0.2, 0) is 4.74 Å². The van der Waals surface area contributed by atoms with Crippen LogP contribution in [0, 0.1) is 5.41 Å². The highest BCUT2D eigenvalue weighted by atomic mass is 16.5. The van der Waals surface area contributed by atoms with Gasteiger partial charge in [-0.1, -0.05) is 0 Å². The lowest BCUT2D eigenvalue weighted by molar-refractivity contribution is 0.102. The first-order chi connectivity index (χ1) is 15.5. The number of H-pyrrole nitrogens is 1. The predicted molar refractivity (Wildman–Crippen MR) is 128 cm³/mol. The second kappa shape index (κ2) is 11.3. The molecule has 32 heavy (non-hydrogen) atoms. The molecule has 1 aromatic heterocycles. The van der Waals surface area contributed by atoms with Gasteiger partial charge in [0.1, 0.15) is 5.69 Å². The van der Waals surface area contributed by atoms with E-state index in [-0.39, 0.29) is 11.6 Å². The van der Waals surface area contributed by atoms with Crippen molar-refractivity contribution >= 4 is 29.2 Å². The third-order valence-corrected chi connectivity index (χ3v) is 5.44. The molecule has 9 nitrogen and oxygen atoms in total. The number of rotatable bonds is 9. The third-order valence-electron chi connectivity index (χ3n) is 5.44. The van der Waals surface area contributed by atoms with Gasteiger partial charge in [0.2, 0.25) is 0 Å². The van der Waals surface area contributed by atoms with E-state index in [1.165, 1.54) is 18.3 Å². The molecule has 0 bridgehead atoms. The van der Waals surface area contributed by atoms with Gasteiger partial charge in [-0.05, 0) is 42.8 Å².